The van der Waals surface area contributed by atoms with E-state index in [1.807, 2.05) is 27.7 Å². The number of unbranched alkanes of at least 4 members (excludes halogenated alkanes) is 1. The van der Waals surface area contributed by atoms with Gasteiger partial charge in [0.2, 0.25) is 0 Å². The van der Waals surface area contributed by atoms with Crippen molar-refractivity contribution >= 4 is 0 Å². The van der Waals surface area contributed by atoms with Crippen LogP contribution in [0.1, 0.15) is 130 Å². The summed E-state index contributed by atoms with van der Waals surface area (Å²) < 4.78 is 0. The summed E-state index contributed by atoms with van der Waals surface area (Å²) in [7, 11) is 0. The lowest BCUT2D eigenvalue weighted by Crippen LogP contribution is -2.14. The van der Waals surface area contributed by atoms with Crippen LogP contribution in [-0.4, -0.2) is 0 Å². The Kier molecular flexibility index (Phi) is 77.8. The molecule has 0 aromatic heterocycles. The molecule has 1 aliphatic carbocycles. The topological polar surface area (TPSA) is 0 Å². The van der Waals surface area contributed by atoms with Crippen LogP contribution in [0.4, 0.5) is 0 Å². The van der Waals surface area contributed by atoms with Gasteiger partial charge >= 0.3 is 0 Å². The van der Waals surface area contributed by atoms with E-state index in [-0.39, 0.29) is 29.7 Å². The van der Waals surface area contributed by atoms with E-state index in [9.17, 15) is 0 Å². The van der Waals surface area contributed by atoms with E-state index >= 15 is 0 Å². The molecule has 0 unspecified atom stereocenters. The Balaban J connectivity index is -0.0000000251. The van der Waals surface area contributed by atoms with Gasteiger partial charge in [-0.3, -0.25) is 0 Å². The van der Waals surface area contributed by atoms with Crippen LogP contribution in [0.5, 0.6) is 0 Å². The fourth-order valence-corrected chi connectivity index (χ4v) is 1.51. The first kappa shape index (κ1) is 42.7. The summed E-state index contributed by atoms with van der Waals surface area (Å²) in [4.78, 5) is 0. The lowest BCUT2D eigenvalue weighted by Gasteiger charge is -2.28. The highest BCUT2D eigenvalue weighted by Crippen LogP contribution is 2.34. The van der Waals surface area contributed by atoms with Crippen LogP contribution >= 0.6 is 0 Å². The van der Waals surface area contributed by atoms with Gasteiger partial charge < -0.3 is 0 Å². The van der Waals surface area contributed by atoms with Gasteiger partial charge in [-0.2, -0.15) is 0 Å². The number of hydrogen-bond acceptors (Lipinski definition) is 0. The molecule has 0 N–H and O–H groups in total. The Morgan fingerprint density at radius 2 is 0.850 bits per heavy atom. The second-order valence-electron chi connectivity index (χ2n) is 4.72. The Labute approximate surface area is 136 Å². The first-order valence-electron chi connectivity index (χ1n) is 7.62. The zero-order chi connectivity index (χ0) is 13.4. The smallest absolute Gasteiger partial charge is 0.0354 e. The molecule has 0 radical (unpaired) electrons. The molecule has 1 fully saturated rings. The average molecular weight is 295 g/mol. The van der Waals surface area contributed by atoms with Gasteiger partial charge in [-0.1, -0.05) is 117 Å². The molecule has 20 heavy (non-hydrogen) atoms. The molecule has 1 rings (SSSR count). The summed E-state index contributed by atoms with van der Waals surface area (Å²) in [6, 6.07) is 0. The van der Waals surface area contributed by atoms with Crippen molar-refractivity contribution in [3.05, 3.63) is 0 Å². The molecule has 1 aliphatic rings. The Morgan fingerprint density at radius 1 is 0.600 bits per heavy atom. The van der Waals surface area contributed by atoms with E-state index in [1.54, 1.807) is 0 Å². The van der Waals surface area contributed by atoms with Gasteiger partial charge in [-0.25, -0.2) is 0 Å². The Morgan fingerprint density at radius 3 is 0.950 bits per heavy atom. The molecule has 134 valence electrons. The SMILES string of the molecule is C.C.C.C.CC.CC.CC1(C)CCCCC1.CCCC. The van der Waals surface area contributed by atoms with Crippen LogP contribution in [0.3, 0.4) is 0 Å². The van der Waals surface area contributed by atoms with Gasteiger partial charge in [0.1, 0.15) is 0 Å². The van der Waals surface area contributed by atoms with Gasteiger partial charge in [0.25, 0.3) is 0 Å². The van der Waals surface area contributed by atoms with Gasteiger partial charge in [0, 0.05) is 0 Å². The van der Waals surface area contributed by atoms with E-state index in [0.29, 0.717) is 5.41 Å². The molecule has 0 heteroatoms. The van der Waals surface area contributed by atoms with Crippen molar-refractivity contribution in [2.45, 2.75) is 130 Å². The monoisotopic (exact) mass is 294 g/mol. The third kappa shape index (κ3) is 43.0. The maximum atomic E-state index is 2.38. The third-order valence-corrected chi connectivity index (χ3v) is 2.71. The van der Waals surface area contributed by atoms with Crippen molar-refractivity contribution in [1.82, 2.24) is 0 Å². The van der Waals surface area contributed by atoms with Crippen molar-refractivity contribution in [1.29, 1.82) is 0 Å². The van der Waals surface area contributed by atoms with Crippen LogP contribution < -0.4 is 0 Å². The lowest BCUT2D eigenvalue weighted by atomic mass is 9.78. The maximum Gasteiger partial charge on any atom is -0.0354 e. The standard InChI is InChI=1S/C8H16.C4H10.2C2H6.4CH4/c1-8(2)6-4-3-5-7-8;1-3-4-2;2*1-2;;;;/h3-7H2,1-2H3;3-4H2,1-2H3;2*1-2H3;4*1H4. The molecule has 0 heterocycles. The van der Waals surface area contributed by atoms with Crippen molar-refractivity contribution in [3.63, 3.8) is 0 Å². The van der Waals surface area contributed by atoms with Gasteiger partial charge in [0.05, 0.1) is 0 Å². The van der Waals surface area contributed by atoms with Gasteiger partial charge in [0.15, 0.2) is 0 Å². The highest BCUT2D eigenvalue weighted by Gasteiger charge is 2.19. The van der Waals surface area contributed by atoms with Crippen molar-refractivity contribution in [2.24, 2.45) is 5.41 Å². The summed E-state index contributed by atoms with van der Waals surface area (Å²) in [5.74, 6) is 0. The summed E-state index contributed by atoms with van der Waals surface area (Å²) in [5.41, 5.74) is 0.679. The summed E-state index contributed by atoms with van der Waals surface area (Å²) in [5, 5.41) is 0. The summed E-state index contributed by atoms with van der Waals surface area (Å²) >= 11 is 0. The molecule has 0 bridgehead atoms. The predicted octanol–water partition coefficient (Wildman–Crippen LogP) is 9.38. The zero-order valence-electron chi connectivity index (χ0n) is 13.4. The maximum absolute atomic E-state index is 2.38. The first-order chi connectivity index (χ1) is 7.62. The Hall–Kier alpha value is 0. The van der Waals surface area contributed by atoms with Gasteiger partial charge in [-0.05, 0) is 18.3 Å². The highest BCUT2D eigenvalue weighted by molar-refractivity contribution is 4.72. The van der Waals surface area contributed by atoms with E-state index in [1.165, 1.54) is 44.9 Å². The van der Waals surface area contributed by atoms with E-state index in [4.69, 9.17) is 0 Å². The molecular weight excluding hydrogens is 240 g/mol. The summed E-state index contributed by atoms with van der Waals surface area (Å²) in [6.07, 6.45) is 9.95. The molecule has 0 nitrogen and oxygen atoms in total. The van der Waals surface area contributed by atoms with Crippen LogP contribution in [0.25, 0.3) is 0 Å². The molecular formula is C20H54. The van der Waals surface area contributed by atoms with Crippen LogP contribution in [0, 0.1) is 5.41 Å². The van der Waals surface area contributed by atoms with Crippen molar-refractivity contribution in [3.8, 4) is 0 Å². The third-order valence-electron chi connectivity index (χ3n) is 2.71. The fourth-order valence-electron chi connectivity index (χ4n) is 1.51. The van der Waals surface area contributed by atoms with E-state index in [0.717, 1.165) is 0 Å². The largest absolute Gasteiger partial charge is 0.0776 e. The molecule has 0 spiro atoms. The minimum atomic E-state index is 0. The molecule has 0 aromatic rings. The minimum Gasteiger partial charge on any atom is -0.0776 e. The second kappa shape index (κ2) is 36.4. The molecule has 1 saturated carbocycles. The number of hydrogen-bond donors (Lipinski definition) is 0. The molecule has 0 amide bonds. The average Bonchev–Trinajstić information content (AvgIpc) is 2.34. The normalized spacial score (nSPS) is 13.2. The van der Waals surface area contributed by atoms with Crippen LogP contribution in [0.2, 0.25) is 0 Å². The minimum absolute atomic E-state index is 0. The fraction of sp³-hybridized carbons (Fsp3) is 1.00. The molecule has 0 saturated heterocycles. The highest BCUT2D eigenvalue weighted by atomic mass is 14.3. The predicted molar refractivity (Wildman–Crippen MR) is 107 cm³/mol. The summed E-state index contributed by atoms with van der Waals surface area (Å²) in [6.45, 7) is 17.1. The second-order valence-corrected chi connectivity index (χ2v) is 4.72. The zero-order valence-corrected chi connectivity index (χ0v) is 13.4. The lowest BCUT2D eigenvalue weighted by molar-refractivity contribution is 0.244. The van der Waals surface area contributed by atoms with E-state index in [2.05, 4.69) is 27.7 Å². The molecule has 0 atom stereocenters. The van der Waals surface area contributed by atoms with Crippen molar-refractivity contribution < 1.29 is 0 Å². The van der Waals surface area contributed by atoms with Crippen molar-refractivity contribution in [2.75, 3.05) is 0 Å². The van der Waals surface area contributed by atoms with Gasteiger partial charge in [-0.15, -0.1) is 0 Å². The molecule has 0 aliphatic heterocycles. The molecule has 0 aromatic carbocycles. The van der Waals surface area contributed by atoms with E-state index < -0.39 is 0 Å². The first-order valence-corrected chi connectivity index (χ1v) is 7.62. The van der Waals surface area contributed by atoms with Crippen LogP contribution in [-0.2, 0) is 0 Å². The van der Waals surface area contributed by atoms with Crippen LogP contribution in [0.15, 0.2) is 0 Å². The number of rotatable bonds is 1. The Bertz CT molecular complexity index is 82.2. The quantitative estimate of drug-likeness (QED) is 0.451.